The lowest BCUT2D eigenvalue weighted by Gasteiger charge is -2.49. The second-order valence-corrected chi connectivity index (χ2v) is 12.6. The van der Waals surface area contributed by atoms with Crippen LogP contribution in [0.25, 0.3) is 21.3 Å². The molecule has 0 radical (unpaired) electrons. The Kier molecular flexibility index (Phi) is 8.77. The Bertz CT molecular complexity index is 1410. The molecule has 6 rings (SSSR count). The summed E-state index contributed by atoms with van der Waals surface area (Å²) in [5.41, 5.74) is 2.70. The summed E-state index contributed by atoms with van der Waals surface area (Å²) < 4.78 is 11.8. The van der Waals surface area contributed by atoms with Crippen molar-refractivity contribution in [1.82, 2.24) is 24.8 Å². The molecule has 12 heteroatoms. The van der Waals surface area contributed by atoms with Crippen LogP contribution in [0.3, 0.4) is 0 Å². The van der Waals surface area contributed by atoms with Crippen LogP contribution >= 0.6 is 11.3 Å². The first-order valence-electron chi connectivity index (χ1n) is 14.7. The number of carbonyl (C=O) groups excluding carboxylic acids is 2. The highest BCUT2D eigenvalue weighted by Crippen LogP contribution is 2.36. The second kappa shape index (κ2) is 12.7. The normalized spacial score (nSPS) is 26.4. The van der Waals surface area contributed by atoms with E-state index < -0.39 is 6.10 Å². The van der Waals surface area contributed by atoms with Gasteiger partial charge in [0, 0.05) is 62.7 Å². The topological polar surface area (TPSA) is 130 Å². The van der Waals surface area contributed by atoms with E-state index in [1.54, 1.807) is 19.5 Å². The fourth-order valence-corrected chi connectivity index (χ4v) is 7.16. The maximum Gasteiger partial charge on any atom is 0.248 e. The van der Waals surface area contributed by atoms with E-state index in [4.69, 9.17) is 9.47 Å². The van der Waals surface area contributed by atoms with Gasteiger partial charge in [-0.1, -0.05) is 17.4 Å². The van der Waals surface area contributed by atoms with Crippen molar-refractivity contribution in [2.24, 2.45) is 5.92 Å². The van der Waals surface area contributed by atoms with Crippen molar-refractivity contribution in [3.63, 3.8) is 0 Å². The quantitative estimate of drug-likeness (QED) is 0.384. The molecule has 42 heavy (non-hydrogen) atoms. The highest BCUT2D eigenvalue weighted by Gasteiger charge is 2.41. The molecule has 0 unspecified atom stereocenters. The molecule has 1 saturated heterocycles. The van der Waals surface area contributed by atoms with Crippen molar-refractivity contribution < 1.29 is 24.2 Å². The molecule has 2 aliphatic carbocycles. The fourth-order valence-electron chi connectivity index (χ4n) is 6.25. The molecular weight excluding hydrogens is 556 g/mol. The number of ether oxygens (including phenoxy) is 2. The summed E-state index contributed by atoms with van der Waals surface area (Å²) in [5, 5.41) is 13.6. The molecule has 224 valence electrons. The minimum Gasteiger partial charge on any atom is -0.390 e. The van der Waals surface area contributed by atoms with E-state index in [9.17, 15) is 14.7 Å². The molecule has 1 aliphatic heterocycles. The van der Waals surface area contributed by atoms with Crippen LogP contribution in [0.1, 0.15) is 44.9 Å². The average molecular weight is 595 g/mol. The lowest BCUT2D eigenvalue weighted by atomic mass is 9.78. The summed E-state index contributed by atoms with van der Waals surface area (Å²) in [6.07, 6.45) is 7.32. The minimum atomic E-state index is -0.397. The molecule has 3 aromatic rings. The zero-order valence-corrected chi connectivity index (χ0v) is 24.9. The van der Waals surface area contributed by atoms with Crippen LogP contribution in [0.15, 0.2) is 30.6 Å². The standard InChI is InChI=1S/C30H38N6O5S/c1-18-15-35(28(38)17-40-2)8-9-36(18)22-10-20(11-22)29(39)34-30-33-23-7-6-19(12-26(23)42-30)21-13-31-27(32-14-21)16-41-25-5-3-4-24(25)37/h6-7,12-14,18,20,22,24-25,37H,3-5,8-11,15-17H2,1-2H3,(H,33,34,39)/t18-,20-,22+,24-,25-/m0/s1. The Morgan fingerprint density at radius 1 is 1.14 bits per heavy atom. The lowest BCUT2D eigenvalue weighted by molar-refractivity contribution is -0.139. The average Bonchev–Trinajstić information content (AvgIpc) is 3.56. The summed E-state index contributed by atoms with van der Waals surface area (Å²) in [5.74, 6) is 0.609. The van der Waals surface area contributed by atoms with E-state index in [2.05, 4.69) is 32.1 Å². The Morgan fingerprint density at radius 3 is 2.67 bits per heavy atom. The van der Waals surface area contributed by atoms with Gasteiger partial charge in [-0.25, -0.2) is 15.0 Å². The van der Waals surface area contributed by atoms with Gasteiger partial charge in [0.25, 0.3) is 0 Å². The van der Waals surface area contributed by atoms with Gasteiger partial charge in [-0.2, -0.15) is 0 Å². The van der Waals surface area contributed by atoms with Crippen LogP contribution in [0.2, 0.25) is 0 Å². The van der Waals surface area contributed by atoms with Gasteiger partial charge in [0.15, 0.2) is 11.0 Å². The largest absolute Gasteiger partial charge is 0.390 e. The van der Waals surface area contributed by atoms with Crippen molar-refractivity contribution in [3.05, 3.63) is 36.4 Å². The Hall–Kier alpha value is -3.03. The Balaban J connectivity index is 1.00. The van der Waals surface area contributed by atoms with Crippen molar-refractivity contribution >= 4 is 38.5 Å². The fraction of sp³-hybridized carbons (Fsp3) is 0.567. The highest BCUT2D eigenvalue weighted by atomic mass is 32.1. The predicted molar refractivity (Wildman–Crippen MR) is 159 cm³/mol. The number of hydrogen-bond acceptors (Lipinski definition) is 10. The third-order valence-electron chi connectivity index (χ3n) is 8.75. The minimum absolute atomic E-state index is 0.0171. The molecule has 2 saturated carbocycles. The van der Waals surface area contributed by atoms with Crippen LogP contribution < -0.4 is 5.32 Å². The molecule has 3 fully saturated rings. The van der Waals surface area contributed by atoms with Gasteiger partial charge in [-0.15, -0.1) is 0 Å². The molecule has 11 nitrogen and oxygen atoms in total. The second-order valence-electron chi connectivity index (χ2n) is 11.6. The number of hydrogen-bond donors (Lipinski definition) is 2. The molecule has 2 N–H and O–H groups in total. The maximum atomic E-state index is 13.0. The predicted octanol–water partition coefficient (Wildman–Crippen LogP) is 3.08. The first kappa shape index (κ1) is 29.1. The molecule has 2 amide bonds. The number of piperazine rings is 1. The van der Waals surface area contributed by atoms with Crippen molar-refractivity contribution in [1.29, 1.82) is 0 Å². The summed E-state index contributed by atoms with van der Waals surface area (Å²) in [4.78, 5) is 43.0. The van der Waals surface area contributed by atoms with Gasteiger partial charge >= 0.3 is 0 Å². The van der Waals surface area contributed by atoms with Crippen LogP contribution in [0.5, 0.6) is 0 Å². The van der Waals surface area contributed by atoms with Crippen LogP contribution in [0.4, 0.5) is 5.13 Å². The number of fused-ring (bicyclic) bond motifs is 1. The molecule has 0 spiro atoms. The van der Waals surface area contributed by atoms with Crippen LogP contribution in [0, 0.1) is 5.92 Å². The van der Waals surface area contributed by atoms with Gasteiger partial charge < -0.3 is 24.8 Å². The van der Waals surface area contributed by atoms with Crippen molar-refractivity contribution in [3.8, 4) is 11.1 Å². The first-order chi connectivity index (χ1) is 20.4. The Labute approximate surface area is 249 Å². The maximum absolute atomic E-state index is 13.0. The number of carbonyl (C=O) groups is 2. The Morgan fingerprint density at radius 2 is 1.95 bits per heavy atom. The number of amides is 2. The van der Waals surface area contributed by atoms with Gasteiger partial charge in [-0.05, 0) is 56.7 Å². The number of benzene rings is 1. The van der Waals surface area contributed by atoms with E-state index in [-0.39, 0.29) is 43.1 Å². The first-order valence-corrected chi connectivity index (χ1v) is 15.5. The van der Waals surface area contributed by atoms with Crippen LogP contribution in [-0.2, 0) is 25.7 Å². The number of aliphatic hydroxyl groups excluding tert-OH is 1. The van der Waals surface area contributed by atoms with E-state index in [1.165, 1.54) is 11.3 Å². The third-order valence-corrected chi connectivity index (χ3v) is 9.69. The van der Waals surface area contributed by atoms with Gasteiger partial charge in [0.1, 0.15) is 13.2 Å². The summed E-state index contributed by atoms with van der Waals surface area (Å²) >= 11 is 1.46. The van der Waals surface area contributed by atoms with Gasteiger partial charge in [-0.3, -0.25) is 14.5 Å². The summed E-state index contributed by atoms with van der Waals surface area (Å²) in [7, 11) is 1.54. The van der Waals surface area contributed by atoms with E-state index in [0.29, 0.717) is 30.1 Å². The number of nitrogens with one attached hydrogen (secondary N) is 1. The van der Waals surface area contributed by atoms with Crippen molar-refractivity contribution in [2.45, 2.75) is 69.9 Å². The van der Waals surface area contributed by atoms with Crippen LogP contribution in [-0.4, -0.2) is 99.3 Å². The summed E-state index contributed by atoms with van der Waals surface area (Å²) in [6.45, 7) is 4.76. The smallest absolute Gasteiger partial charge is 0.248 e. The number of aliphatic hydroxyl groups is 1. The molecule has 1 aromatic carbocycles. The molecule has 3 heterocycles. The zero-order valence-electron chi connectivity index (χ0n) is 24.1. The third kappa shape index (κ3) is 6.32. The molecule has 2 aromatic heterocycles. The monoisotopic (exact) mass is 594 g/mol. The van der Waals surface area contributed by atoms with Gasteiger partial charge in [0.05, 0.1) is 22.4 Å². The lowest BCUT2D eigenvalue weighted by Crippen LogP contribution is -2.60. The molecule has 3 aliphatic rings. The molecular formula is C30H38N6O5S. The number of thiazole rings is 1. The van der Waals surface area contributed by atoms with E-state index in [0.717, 1.165) is 60.0 Å². The highest BCUT2D eigenvalue weighted by molar-refractivity contribution is 7.22. The van der Waals surface area contributed by atoms with E-state index >= 15 is 0 Å². The number of anilines is 1. The number of rotatable bonds is 9. The number of methoxy groups -OCH3 is 1. The SMILES string of the molecule is COCC(=O)N1CCN([C@H]2C[C@@H](C(=O)Nc3nc4ccc(-c5cnc(CO[C@H]6CCC[C@@H]6O)nc5)cc4s3)C2)[C@@H](C)C1. The molecule has 0 bridgehead atoms. The van der Waals surface area contributed by atoms with Crippen molar-refractivity contribution in [2.75, 3.05) is 38.7 Å². The zero-order chi connectivity index (χ0) is 29.2. The molecule has 3 atom stereocenters. The number of aromatic nitrogens is 3. The number of nitrogens with zero attached hydrogens (tertiary/aromatic N) is 5. The van der Waals surface area contributed by atoms with Gasteiger partial charge in [0.2, 0.25) is 11.8 Å². The summed E-state index contributed by atoms with van der Waals surface area (Å²) in [6, 6.07) is 6.60. The van der Waals surface area contributed by atoms with E-state index in [1.807, 2.05) is 23.1 Å².